The van der Waals surface area contributed by atoms with E-state index in [1.165, 1.54) is 24.7 Å². The zero-order chi connectivity index (χ0) is 13.0. The Morgan fingerprint density at radius 3 is 2.94 bits per heavy atom. The van der Waals surface area contributed by atoms with Crippen molar-refractivity contribution in [3.8, 4) is 5.75 Å². The average Bonchev–Trinajstić information content (AvgIpc) is 2.81. The molecule has 1 aromatic carbocycles. The van der Waals surface area contributed by atoms with Gasteiger partial charge in [0.05, 0.1) is 14.2 Å². The van der Waals surface area contributed by atoms with Gasteiger partial charge in [0.15, 0.2) is 0 Å². The Hall–Kier alpha value is -1.51. The van der Waals surface area contributed by atoms with Crippen LogP contribution >= 0.6 is 0 Å². The van der Waals surface area contributed by atoms with Gasteiger partial charge in [0.2, 0.25) is 0 Å². The quantitative estimate of drug-likeness (QED) is 0.751. The highest BCUT2D eigenvalue weighted by molar-refractivity contribution is 5.69. The summed E-state index contributed by atoms with van der Waals surface area (Å²) in [4.78, 5) is 11.1. The number of fused-ring (bicyclic) bond motifs is 1. The van der Waals surface area contributed by atoms with E-state index in [9.17, 15) is 4.79 Å². The Morgan fingerprint density at radius 1 is 1.39 bits per heavy atom. The van der Waals surface area contributed by atoms with Crippen molar-refractivity contribution in [1.29, 1.82) is 0 Å². The van der Waals surface area contributed by atoms with Crippen molar-refractivity contribution >= 4 is 5.97 Å². The van der Waals surface area contributed by atoms with E-state index in [0.717, 1.165) is 25.0 Å². The minimum atomic E-state index is -0.112. The second kappa shape index (κ2) is 5.89. The van der Waals surface area contributed by atoms with Crippen LogP contribution in [-0.2, 0) is 16.0 Å². The Labute approximate surface area is 108 Å². The predicted octanol–water partition coefficient (Wildman–Crippen LogP) is 3.07. The van der Waals surface area contributed by atoms with Crippen LogP contribution in [0.4, 0.5) is 0 Å². The number of methoxy groups -OCH3 is 2. The number of hydrogen-bond acceptors (Lipinski definition) is 3. The summed E-state index contributed by atoms with van der Waals surface area (Å²) in [5.74, 6) is 1.38. The Morgan fingerprint density at radius 2 is 2.22 bits per heavy atom. The van der Waals surface area contributed by atoms with Crippen LogP contribution in [0.25, 0.3) is 0 Å². The normalized spacial score (nSPS) is 17.3. The Kier molecular flexibility index (Phi) is 4.24. The number of aryl methyl sites for hydroxylation is 1. The number of carbonyl (C=O) groups excluding carboxylic acids is 1. The second-order valence-electron chi connectivity index (χ2n) is 4.77. The van der Waals surface area contributed by atoms with Gasteiger partial charge in [-0.2, -0.15) is 0 Å². The topological polar surface area (TPSA) is 35.5 Å². The van der Waals surface area contributed by atoms with Crippen molar-refractivity contribution in [2.24, 2.45) is 0 Å². The molecule has 98 valence electrons. The molecular weight excluding hydrogens is 228 g/mol. The van der Waals surface area contributed by atoms with Crippen molar-refractivity contribution in [2.45, 2.75) is 38.0 Å². The van der Waals surface area contributed by atoms with Crippen molar-refractivity contribution in [3.63, 3.8) is 0 Å². The van der Waals surface area contributed by atoms with Gasteiger partial charge in [-0.1, -0.05) is 6.07 Å². The fourth-order valence-electron chi connectivity index (χ4n) is 2.69. The Balaban J connectivity index is 1.95. The molecule has 0 radical (unpaired) electrons. The van der Waals surface area contributed by atoms with E-state index in [0.29, 0.717) is 12.3 Å². The van der Waals surface area contributed by atoms with Crippen molar-refractivity contribution in [2.75, 3.05) is 14.2 Å². The molecule has 1 atom stereocenters. The lowest BCUT2D eigenvalue weighted by atomic mass is 9.95. The summed E-state index contributed by atoms with van der Waals surface area (Å²) in [6.07, 6.45) is 4.79. The van der Waals surface area contributed by atoms with Gasteiger partial charge >= 0.3 is 5.97 Å². The van der Waals surface area contributed by atoms with Gasteiger partial charge in [-0.3, -0.25) is 4.79 Å². The highest BCUT2D eigenvalue weighted by atomic mass is 16.5. The second-order valence-corrected chi connectivity index (χ2v) is 4.77. The Bertz CT molecular complexity index is 426. The number of esters is 1. The fourth-order valence-corrected chi connectivity index (χ4v) is 2.69. The molecule has 0 saturated carbocycles. The molecule has 2 rings (SSSR count). The third-order valence-corrected chi connectivity index (χ3v) is 3.72. The minimum absolute atomic E-state index is 0.112. The lowest BCUT2D eigenvalue weighted by Gasteiger charge is -2.12. The molecule has 0 aromatic heterocycles. The summed E-state index contributed by atoms with van der Waals surface area (Å²) in [5.41, 5.74) is 2.83. The van der Waals surface area contributed by atoms with Crippen LogP contribution < -0.4 is 4.74 Å². The van der Waals surface area contributed by atoms with Gasteiger partial charge in [0.1, 0.15) is 5.75 Å². The molecule has 0 aliphatic heterocycles. The molecule has 1 aromatic rings. The van der Waals surface area contributed by atoms with Crippen molar-refractivity contribution in [3.05, 3.63) is 29.3 Å². The van der Waals surface area contributed by atoms with E-state index in [-0.39, 0.29) is 5.97 Å². The number of rotatable bonds is 5. The molecule has 0 bridgehead atoms. The van der Waals surface area contributed by atoms with Crippen LogP contribution in [-0.4, -0.2) is 20.2 Å². The van der Waals surface area contributed by atoms with Gasteiger partial charge < -0.3 is 9.47 Å². The van der Waals surface area contributed by atoms with E-state index in [2.05, 4.69) is 16.9 Å². The van der Waals surface area contributed by atoms with Crippen LogP contribution in [0.1, 0.15) is 42.7 Å². The molecular formula is C15H20O3. The van der Waals surface area contributed by atoms with Crippen LogP contribution in [0.2, 0.25) is 0 Å². The summed E-state index contributed by atoms with van der Waals surface area (Å²) in [6, 6.07) is 6.33. The van der Waals surface area contributed by atoms with Gasteiger partial charge in [-0.25, -0.2) is 0 Å². The van der Waals surface area contributed by atoms with Crippen LogP contribution in [0.15, 0.2) is 18.2 Å². The highest BCUT2D eigenvalue weighted by Gasteiger charge is 2.22. The lowest BCUT2D eigenvalue weighted by molar-refractivity contribution is -0.140. The molecule has 3 heteroatoms. The first-order valence-corrected chi connectivity index (χ1v) is 6.48. The maximum absolute atomic E-state index is 11.1. The van der Waals surface area contributed by atoms with Gasteiger partial charge in [0.25, 0.3) is 0 Å². The fraction of sp³-hybridized carbons (Fsp3) is 0.533. The first kappa shape index (κ1) is 12.9. The molecule has 0 heterocycles. The number of ether oxygens (including phenoxy) is 2. The number of carbonyl (C=O) groups is 1. The molecule has 0 fully saturated rings. The SMILES string of the molecule is COC(=O)CCCC1CCc2ccc(OC)cc21. The summed E-state index contributed by atoms with van der Waals surface area (Å²) < 4.78 is 9.94. The number of benzene rings is 1. The first-order valence-electron chi connectivity index (χ1n) is 6.48. The monoisotopic (exact) mass is 248 g/mol. The molecule has 18 heavy (non-hydrogen) atoms. The van der Waals surface area contributed by atoms with Gasteiger partial charge in [-0.05, 0) is 54.9 Å². The summed E-state index contributed by atoms with van der Waals surface area (Å²) >= 11 is 0. The van der Waals surface area contributed by atoms with Crippen LogP contribution in [0.3, 0.4) is 0 Å². The predicted molar refractivity (Wildman–Crippen MR) is 69.9 cm³/mol. The molecule has 1 aliphatic carbocycles. The van der Waals surface area contributed by atoms with E-state index in [4.69, 9.17) is 4.74 Å². The van der Waals surface area contributed by atoms with E-state index >= 15 is 0 Å². The third kappa shape index (κ3) is 2.84. The van der Waals surface area contributed by atoms with Crippen molar-refractivity contribution in [1.82, 2.24) is 0 Å². The molecule has 0 saturated heterocycles. The summed E-state index contributed by atoms with van der Waals surface area (Å²) in [5, 5.41) is 0. The summed E-state index contributed by atoms with van der Waals surface area (Å²) in [7, 11) is 3.14. The maximum Gasteiger partial charge on any atom is 0.305 e. The molecule has 1 aliphatic rings. The molecule has 3 nitrogen and oxygen atoms in total. The highest BCUT2D eigenvalue weighted by Crippen LogP contribution is 2.38. The van der Waals surface area contributed by atoms with Gasteiger partial charge in [-0.15, -0.1) is 0 Å². The number of hydrogen-bond donors (Lipinski definition) is 0. The zero-order valence-electron chi connectivity index (χ0n) is 11.1. The average molecular weight is 248 g/mol. The molecule has 0 N–H and O–H groups in total. The maximum atomic E-state index is 11.1. The van der Waals surface area contributed by atoms with E-state index in [1.807, 2.05) is 6.07 Å². The lowest BCUT2D eigenvalue weighted by Crippen LogP contribution is -2.01. The van der Waals surface area contributed by atoms with Crippen LogP contribution in [0.5, 0.6) is 5.75 Å². The van der Waals surface area contributed by atoms with Gasteiger partial charge in [0, 0.05) is 6.42 Å². The largest absolute Gasteiger partial charge is 0.497 e. The third-order valence-electron chi connectivity index (χ3n) is 3.72. The standard InChI is InChI=1S/C15H20O3/c1-17-13-9-8-12-7-6-11(14(12)10-13)4-3-5-15(16)18-2/h8-11H,3-7H2,1-2H3. The zero-order valence-corrected chi connectivity index (χ0v) is 11.1. The summed E-state index contributed by atoms with van der Waals surface area (Å²) in [6.45, 7) is 0. The van der Waals surface area contributed by atoms with Crippen LogP contribution in [0, 0.1) is 0 Å². The molecule has 0 spiro atoms. The van der Waals surface area contributed by atoms with E-state index < -0.39 is 0 Å². The molecule has 1 unspecified atom stereocenters. The van der Waals surface area contributed by atoms with E-state index in [1.54, 1.807) is 7.11 Å². The smallest absolute Gasteiger partial charge is 0.305 e. The minimum Gasteiger partial charge on any atom is -0.497 e. The van der Waals surface area contributed by atoms with Crippen molar-refractivity contribution < 1.29 is 14.3 Å². The first-order chi connectivity index (χ1) is 8.74. The molecule has 0 amide bonds.